The maximum Gasteiger partial charge on any atom is 0.164 e. The lowest BCUT2D eigenvalue weighted by Gasteiger charge is -2.12. The van der Waals surface area contributed by atoms with Crippen molar-refractivity contribution < 1.29 is 0 Å². The highest BCUT2D eigenvalue weighted by atomic mass is 15.0. The van der Waals surface area contributed by atoms with Crippen molar-refractivity contribution in [1.82, 2.24) is 24.1 Å². The van der Waals surface area contributed by atoms with Crippen LogP contribution in [0.1, 0.15) is 0 Å². The number of aromatic nitrogens is 5. The Labute approximate surface area is 463 Å². The Kier molecular flexibility index (Phi) is 11.4. The van der Waals surface area contributed by atoms with Crippen LogP contribution in [0.3, 0.4) is 0 Å². The van der Waals surface area contributed by atoms with Crippen molar-refractivity contribution in [2.45, 2.75) is 0 Å². The first-order valence-corrected chi connectivity index (χ1v) is 27.2. The number of hydrogen-bond donors (Lipinski definition) is 0. The van der Waals surface area contributed by atoms with E-state index in [1.165, 1.54) is 65.9 Å². The third kappa shape index (κ3) is 8.42. The minimum absolute atomic E-state index is 0.605. The maximum absolute atomic E-state index is 5.22. The number of hydrogen-bond acceptors (Lipinski definition) is 3. The van der Waals surface area contributed by atoms with E-state index in [9.17, 15) is 0 Å². The van der Waals surface area contributed by atoms with Crippen LogP contribution in [0.4, 0.5) is 0 Å². The molecule has 0 unspecified atom stereocenters. The van der Waals surface area contributed by atoms with Crippen molar-refractivity contribution in [3.63, 3.8) is 0 Å². The van der Waals surface area contributed by atoms with Crippen molar-refractivity contribution in [2.24, 2.45) is 0 Å². The summed E-state index contributed by atoms with van der Waals surface area (Å²) in [5.41, 5.74) is 21.1. The molecule has 5 heteroatoms. The second kappa shape index (κ2) is 19.7. The number of fused-ring (bicyclic) bond motifs is 6. The van der Waals surface area contributed by atoms with E-state index in [1.54, 1.807) is 0 Å². The Morgan fingerprint density at radius 1 is 0.175 bits per heavy atom. The summed E-state index contributed by atoms with van der Waals surface area (Å²) >= 11 is 0. The van der Waals surface area contributed by atoms with Gasteiger partial charge in [0.25, 0.3) is 0 Å². The molecule has 0 bridgehead atoms. The second-order valence-electron chi connectivity index (χ2n) is 20.4. The van der Waals surface area contributed by atoms with Gasteiger partial charge in [0.1, 0.15) is 0 Å². The van der Waals surface area contributed by atoms with Gasteiger partial charge in [0.05, 0.1) is 22.1 Å². The molecule has 0 saturated heterocycles. The molecule has 0 spiro atoms. The topological polar surface area (TPSA) is 48.5 Å². The largest absolute Gasteiger partial charge is 0.309 e. The van der Waals surface area contributed by atoms with Crippen LogP contribution >= 0.6 is 0 Å². The van der Waals surface area contributed by atoms with Gasteiger partial charge in [0, 0.05) is 49.6 Å². The van der Waals surface area contributed by atoms with Gasteiger partial charge in [-0.05, 0) is 116 Å². The molecule has 0 radical (unpaired) electrons. The van der Waals surface area contributed by atoms with E-state index in [0.29, 0.717) is 17.5 Å². The Morgan fingerprint density at radius 2 is 0.412 bits per heavy atom. The Morgan fingerprint density at radius 3 is 0.750 bits per heavy atom. The number of rotatable bonds is 10. The standard InChI is InChI=1S/C75H49N5/c1-2-16-50(17-3-1)57-18-12-20-59(46-57)60-21-13-19-58(47-60)51-34-40-54(41-35-51)73-76-74(55-42-36-52(37-43-55)61-22-14-24-63(48-61)79-69-30-8-4-26-65(69)66-27-5-9-31-70(66)79)78-75(77-73)56-44-38-53(39-45-56)62-23-15-25-64(49-62)80-71-32-10-6-28-67(71)68-29-7-11-33-72(68)80/h1-49H. The zero-order chi connectivity index (χ0) is 52.9. The van der Waals surface area contributed by atoms with E-state index in [2.05, 4.69) is 306 Å². The number of benzene rings is 12. The molecule has 0 aliphatic carbocycles. The Bertz CT molecular complexity index is 4470. The summed E-state index contributed by atoms with van der Waals surface area (Å²) in [6, 6.07) is 106. The fourth-order valence-electron chi connectivity index (χ4n) is 11.6. The van der Waals surface area contributed by atoms with Crippen LogP contribution < -0.4 is 0 Å². The summed E-state index contributed by atoms with van der Waals surface area (Å²) in [5, 5.41) is 4.98. The SMILES string of the molecule is c1ccc(-c2cccc(-c3cccc(-c4ccc(-c5nc(-c6ccc(-c7cccc(-n8c9ccccc9c9ccccc98)c7)cc6)nc(-c6ccc(-c7cccc(-n8c9ccccc9c9ccccc98)c7)cc6)n5)cc4)c3)c2)cc1. The number of nitrogens with zero attached hydrogens (tertiary/aromatic N) is 5. The van der Waals surface area contributed by atoms with E-state index in [1.807, 2.05) is 0 Å². The lowest BCUT2D eigenvalue weighted by Crippen LogP contribution is -2.00. The van der Waals surface area contributed by atoms with Crippen LogP contribution in [0.15, 0.2) is 297 Å². The zero-order valence-electron chi connectivity index (χ0n) is 43.5. The average Bonchev–Trinajstić information content (AvgIpc) is 4.21. The van der Waals surface area contributed by atoms with E-state index < -0.39 is 0 Å². The summed E-state index contributed by atoms with van der Waals surface area (Å²) in [6.45, 7) is 0. The molecular formula is C75H49N5. The first kappa shape index (κ1) is 46.5. The van der Waals surface area contributed by atoms with Crippen LogP contribution in [0.5, 0.6) is 0 Å². The van der Waals surface area contributed by atoms with Gasteiger partial charge >= 0.3 is 0 Å². The molecule has 5 nitrogen and oxygen atoms in total. The molecule has 0 atom stereocenters. The molecule has 0 saturated carbocycles. The molecule has 3 aromatic heterocycles. The molecule has 80 heavy (non-hydrogen) atoms. The summed E-state index contributed by atoms with van der Waals surface area (Å²) in [5.74, 6) is 1.81. The molecule has 374 valence electrons. The van der Waals surface area contributed by atoms with Crippen LogP contribution in [0, 0.1) is 0 Å². The van der Waals surface area contributed by atoms with Gasteiger partial charge in [-0.3, -0.25) is 0 Å². The van der Waals surface area contributed by atoms with Crippen LogP contribution in [-0.4, -0.2) is 24.1 Å². The predicted octanol–water partition coefficient (Wildman–Crippen LogP) is 19.4. The molecule has 12 aromatic carbocycles. The van der Waals surface area contributed by atoms with Gasteiger partial charge in [-0.2, -0.15) is 0 Å². The first-order valence-electron chi connectivity index (χ1n) is 27.2. The fraction of sp³-hybridized carbons (Fsp3) is 0. The minimum atomic E-state index is 0.605. The molecule has 0 aliphatic rings. The summed E-state index contributed by atoms with van der Waals surface area (Å²) in [7, 11) is 0. The normalized spacial score (nSPS) is 11.5. The maximum atomic E-state index is 5.22. The molecule has 15 aromatic rings. The van der Waals surface area contributed by atoms with Gasteiger partial charge in [-0.15, -0.1) is 0 Å². The van der Waals surface area contributed by atoms with Crippen molar-refractivity contribution in [3.05, 3.63) is 297 Å². The van der Waals surface area contributed by atoms with E-state index in [-0.39, 0.29) is 0 Å². The van der Waals surface area contributed by atoms with Gasteiger partial charge < -0.3 is 9.13 Å². The van der Waals surface area contributed by atoms with Gasteiger partial charge in [0.15, 0.2) is 17.5 Å². The molecule has 0 N–H and O–H groups in total. The van der Waals surface area contributed by atoms with Crippen LogP contribution in [0.25, 0.3) is 145 Å². The monoisotopic (exact) mass is 1020 g/mol. The Hall–Kier alpha value is -10.8. The molecule has 0 fully saturated rings. The summed E-state index contributed by atoms with van der Waals surface area (Å²) in [6.07, 6.45) is 0. The van der Waals surface area contributed by atoms with Crippen molar-refractivity contribution in [3.8, 4) is 101 Å². The van der Waals surface area contributed by atoms with Gasteiger partial charge in [-0.25, -0.2) is 15.0 Å². The third-order valence-corrected chi connectivity index (χ3v) is 15.6. The first-order chi connectivity index (χ1) is 39.6. The quantitative estimate of drug-likeness (QED) is 0.137. The van der Waals surface area contributed by atoms with E-state index in [0.717, 1.165) is 61.4 Å². The van der Waals surface area contributed by atoms with Crippen molar-refractivity contribution >= 4 is 43.6 Å². The number of para-hydroxylation sites is 4. The minimum Gasteiger partial charge on any atom is -0.309 e. The molecular weight excluding hydrogens is 971 g/mol. The van der Waals surface area contributed by atoms with E-state index in [4.69, 9.17) is 15.0 Å². The van der Waals surface area contributed by atoms with Gasteiger partial charge in [-0.1, -0.05) is 237 Å². The Balaban J connectivity index is 0.777. The molecule has 15 rings (SSSR count). The van der Waals surface area contributed by atoms with Crippen LogP contribution in [0.2, 0.25) is 0 Å². The second-order valence-corrected chi connectivity index (χ2v) is 20.4. The fourth-order valence-corrected chi connectivity index (χ4v) is 11.6. The molecule has 0 amide bonds. The van der Waals surface area contributed by atoms with Crippen molar-refractivity contribution in [2.75, 3.05) is 0 Å². The smallest absolute Gasteiger partial charge is 0.164 e. The predicted molar refractivity (Wildman–Crippen MR) is 332 cm³/mol. The zero-order valence-corrected chi connectivity index (χ0v) is 43.5. The highest BCUT2D eigenvalue weighted by Crippen LogP contribution is 2.37. The lowest BCUT2D eigenvalue weighted by atomic mass is 9.96. The lowest BCUT2D eigenvalue weighted by molar-refractivity contribution is 1.07. The van der Waals surface area contributed by atoms with E-state index >= 15 is 0 Å². The van der Waals surface area contributed by atoms with Crippen molar-refractivity contribution in [1.29, 1.82) is 0 Å². The third-order valence-electron chi connectivity index (χ3n) is 15.6. The van der Waals surface area contributed by atoms with Crippen LogP contribution in [-0.2, 0) is 0 Å². The summed E-state index contributed by atoms with van der Waals surface area (Å²) < 4.78 is 4.73. The molecule has 3 heterocycles. The molecule has 0 aliphatic heterocycles. The average molecular weight is 1020 g/mol. The highest BCUT2D eigenvalue weighted by Gasteiger charge is 2.17. The summed E-state index contributed by atoms with van der Waals surface area (Å²) in [4.78, 5) is 15.6. The highest BCUT2D eigenvalue weighted by molar-refractivity contribution is 6.10. The van der Waals surface area contributed by atoms with Gasteiger partial charge in [0.2, 0.25) is 0 Å².